The van der Waals surface area contributed by atoms with Gasteiger partial charge in [0.1, 0.15) is 6.54 Å². The Bertz CT molecular complexity index is 483. The van der Waals surface area contributed by atoms with Gasteiger partial charge in [-0.15, -0.1) is 0 Å². The Morgan fingerprint density at radius 2 is 2.05 bits per heavy atom. The number of fused-ring (bicyclic) bond motifs is 1. The standard InChI is InChI=1S/C15H20N2O2/c1-11(2)16-14(18)10-17-13-8-4-3-6-12(13)7-5-9-15(17)19/h3-4,6,8,11H,5,7,9-10H2,1-2H3,(H,16,18). The van der Waals surface area contributed by atoms with Gasteiger partial charge in [0.05, 0.1) is 0 Å². The molecule has 0 bridgehead atoms. The molecule has 0 atom stereocenters. The topological polar surface area (TPSA) is 49.4 Å². The first kappa shape index (κ1) is 13.6. The van der Waals surface area contributed by atoms with E-state index >= 15 is 0 Å². The van der Waals surface area contributed by atoms with E-state index in [-0.39, 0.29) is 24.4 Å². The SMILES string of the molecule is CC(C)NC(=O)CN1C(=O)CCCc2ccccc21. The molecule has 0 radical (unpaired) electrons. The highest BCUT2D eigenvalue weighted by Crippen LogP contribution is 2.26. The van der Waals surface area contributed by atoms with Crippen LogP contribution >= 0.6 is 0 Å². The molecule has 1 aliphatic rings. The van der Waals surface area contributed by atoms with E-state index in [1.807, 2.05) is 38.1 Å². The van der Waals surface area contributed by atoms with Gasteiger partial charge in [0.25, 0.3) is 0 Å². The van der Waals surface area contributed by atoms with Gasteiger partial charge in [-0.2, -0.15) is 0 Å². The third kappa shape index (κ3) is 3.34. The summed E-state index contributed by atoms with van der Waals surface area (Å²) in [6, 6.07) is 7.92. The summed E-state index contributed by atoms with van der Waals surface area (Å²) in [6.07, 6.45) is 2.24. The first-order chi connectivity index (χ1) is 9.08. The molecule has 1 aliphatic heterocycles. The monoisotopic (exact) mass is 260 g/mol. The molecule has 0 saturated heterocycles. The summed E-state index contributed by atoms with van der Waals surface area (Å²) in [5, 5.41) is 2.83. The predicted molar refractivity (Wildman–Crippen MR) is 75.0 cm³/mol. The third-order valence-electron chi connectivity index (χ3n) is 3.17. The van der Waals surface area contributed by atoms with Crippen LogP contribution in [0.25, 0.3) is 0 Å². The normalized spacial score (nSPS) is 15.1. The van der Waals surface area contributed by atoms with Gasteiger partial charge in [-0.05, 0) is 38.3 Å². The van der Waals surface area contributed by atoms with E-state index in [0.29, 0.717) is 6.42 Å². The second kappa shape index (κ2) is 5.87. The van der Waals surface area contributed by atoms with Gasteiger partial charge >= 0.3 is 0 Å². The lowest BCUT2D eigenvalue weighted by Gasteiger charge is -2.23. The number of nitrogens with one attached hydrogen (secondary N) is 1. The van der Waals surface area contributed by atoms with Gasteiger partial charge in [0.15, 0.2) is 0 Å². The molecule has 0 aromatic heterocycles. The van der Waals surface area contributed by atoms with Gasteiger partial charge < -0.3 is 10.2 Å². The Morgan fingerprint density at radius 3 is 2.79 bits per heavy atom. The van der Waals surface area contributed by atoms with Crippen molar-refractivity contribution < 1.29 is 9.59 Å². The Hall–Kier alpha value is -1.84. The minimum atomic E-state index is -0.111. The summed E-state index contributed by atoms with van der Waals surface area (Å²) >= 11 is 0. The number of para-hydroxylation sites is 1. The second-order valence-corrected chi connectivity index (χ2v) is 5.18. The van der Waals surface area contributed by atoms with E-state index < -0.39 is 0 Å². The molecule has 1 aromatic rings. The second-order valence-electron chi connectivity index (χ2n) is 5.18. The summed E-state index contributed by atoms with van der Waals surface area (Å²) in [5.74, 6) is -0.0797. The lowest BCUT2D eigenvalue weighted by atomic mass is 10.1. The summed E-state index contributed by atoms with van der Waals surface area (Å²) < 4.78 is 0. The number of carbonyl (C=O) groups is 2. The fraction of sp³-hybridized carbons (Fsp3) is 0.467. The molecule has 19 heavy (non-hydrogen) atoms. The first-order valence-corrected chi connectivity index (χ1v) is 6.75. The maximum absolute atomic E-state index is 12.1. The molecule has 1 aromatic carbocycles. The molecular weight excluding hydrogens is 240 g/mol. The summed E-state index contributed by atoms with van der Waals surface area (Å²) in [4.78, 5) is 25.6. The smallest absolute Gasteiger partial charge is 0.240 e. The van der Waals surface area contributed by atoms with Crippen molar-refractivity contribution >= 4 is 17.5 Å². The van der Waals surface area contributed by atoms with E-state index in [1.54, 1.807) is 4.90 Å². The van der Waals surface area contributed by atoms with Crippen molar-refractivity contribution in [3.8, 4) is 0 Å². The molecule has 2 rings (SSSR count). The molecule has 4 nitrogen and oxygen atoms in total. The number of hydrogen-bond donors (Lipinski definition) is 1. The molecule has 1 heterocycles. The van der Waals surface area contributed by atoms with Crippen molar-refractivity contribution in [3.05, 3.63) is 29.8 Å². The van der Waals surface area contributed by atoms with Crippen LogP contribution in [0.5, 0.6) is 0 Å². The highest BCUT2D eigenvalue weighted by Gasteiger charge is 2.23. The average molecular weight is 260 g/mol. The summed E-state index contributed by atoms with van der Waals surface area (Å²) in [5.41, 5.74) is 2.02. The van der Waals surface area contributed by atoms with Crippen molar-refractivity contribution in [1.29, 1.82) is 0 Å². The molecule has 4 heteroatoms. The van der Waals surface area contributed by atoms with Gasteiger partial charge in [-0.3, -0.25) is 9.59 Å². The van der Waals surface area contributed by atoms with Crippen LogP contribution in [-0.2, 0) is 16.0 Å². The molecule has 0 saturated carbocycles. The van der Waals surface area contributed by atoms with Crippen LogP contribution in [0.4, 0.5) is 5.69 Å². The zero-order valence-electron chi connectivity index (χ0n) is 11.5. The van der Waals surface area contributed by atoms with E-state index in [4.69, 9.17) is 0 Å². The van der Waals surface area contributed by atoms with E-state index in [1.165, 1.54) is 0 Å². The molecule has 0 spiro atoms. The number of benzene rings is 1. The minimum Gasteiger partial charge on any atom is -0.352 e. The Morgan fingerprint density at radius 1 is 1.32 bits per heavy atom. The van der Waals surface area contributed by atoms with Crippen molar-refractivity contribution in [1.82, 2.24) is 5.32 Å². The van der Waals surface area contributed by atoms with Gasteiger partial charge in [0, 0.05) is 18.2 Å². The molecule has 1 N–H and O–H groups in total. The lowest BCUT2D eigenvalue weighted by molar-refractivity contribution is -0.124. The van der Waals surface area contributed by atoms with Crippen LogP contribution in [-0.4, -0.2) is 24.4 Å². The number of nitrogens with zero attached hydrogens (tertiary/aromatic N) is 1. The Labute approximate surface area is 113 Å². The van der Waals surface area contributed by atoms with Crippen LogP contribution < -0.4 is 10.2 Å². The van der Waals surface area contributed by atoms with Crippen LogP contribution in [0.3, 0.4) is 0 Å². The van der Waals surface area contributed by atoms with Crippen molar-refractivity contribution in [3.63, 3.8) is 0 Å². The molecule has 0 unspecified atom stereocenters. The summed E-state index contributed by atoms with van der Waals surface area (Å²) in [7, 11) is 0. The molecule has 0 fully saturated rings. The Kier molecular flexibility index (Phi) is 4.20. The number of amides is 2. The zero-order valence-corrected chi connectivity index (χ0v) is 11.5. The molecular formula is C15H20N2O2. The average Bonchev–Trinajstić information content (AvgIpc) is 2.49. The van der Waals surface area contributed by atoms with Crippen molar-refractivity contribution in [2.75, 3.05) is 11.4 Å². The fourth-order valence-corrected chi connectivity index (χ4v) is 2.37. The highest BCUT2D eigenvalue weighted by molar-refractivity contribution is 5.99. The number of aryl methyl sites for hydroxylation is 1. The van der Waals surface area contributed by atoms with Crippen LogP contribution in [0, 0.1) is 0 Å². The van der Waals surface area contributed by atoms with Gasteiger partial charge in [-0.1, -0.05) is 18.2 Å². The quantitative estimate of drug-likeness (QED) is 0.902. The predicted octanol–water partition coefficient (Wildman–Crippen LogP) is 1.88. The number of carbonyl (C=O) groups excluding carboxylic acids is 2. The molecule has 0 aliphatic carbocycles. The highest BCUT2D eigenvalue weighted by atomic mass is 16.2. The lowest BCUT2D eigenvalue weighted by Crippen LogP contribution is -2.42. The van der Waals surface area contributed by atoms with Crippen LogP contribution in [0.1, 0.15) is 32.3 Å². The Balaban J connectivity index is 2.21. The minimum absolute atomic E-state index is 0.0313. The van der Waals surface area contributed by atoms with Crippen LogP contribution in [0.2, 0.25) is 0 Å². The molecule has 2 amide bonds. The third-order valence-corrected chi connectivity index (χ3v) is 3.17. The first-order valence-electron chi connectivity index (χ1n) is 6.75. The largest absolute Gasteiger partial charge is 0.352 e. The van der Waals surface area contributed by atoms with E-state index in [0.717, 1.165) is 24.1 Å². The summed E-state index contributed by atoms with van der Waals surface area (Å²) in [6.45, 7) is 3.93. The fourth-order valence-electron chi connectivity index (χ4n) is 2.37. The van der Waals surface area contributed by atoms with E-state index in [2.05, 4.69) is 5.32 Å². The number of rotatable bonds is 3. The van der Waals surface area contributed by atoms with E-state index in [9.17, 15) is 9.59 Å². The zero-order chi connectivity index (χ0) is 13.8. The number of anilines is 1. The van der Waals surface area contributed by atoms with Crippen molar-refractivity contribution in [2.45, 2.75) is 39.2 Å². The van der Waals surface area contributed by atoms with Crippen LogP contribution in [0.15, 0.2) is 24.3 Å². The van der Waals surface area contributed by atoms with Gasteiger partial charge in [-0.25, -0.2) is 0 Å². The van der Waals surface area contributed by atoms with Crippen molar-refractivity contribution in [2.24, 2.45) is 0 Å². The maximum atomic E-state index is 12.1. The maximum Gasteiger partial charge on any atom is 0.240 e. The number of hydrogen-bond acceptors (Lipinski definition) is 2. The molecule has 102 valence electrons. The van der Waals surface area contributed by atoms with Gasteiger partial charge in [0.2, 0.25) is 11.8 Å².